The maximum absolute atomic E-state index is 6.34. The average Bonchev–Trinajstić information content (AvgIpc) is 2.40. The topological polar surface area (TPSA) is 104 Å². The van der Waals surface area contributed by atoms with Crippen molar-refractivity contribution in [2.75, 3.05) is 11.5 Å². The van der Waals surface area contributed by atoms with Gasteiger partial charge in [0.15, 0.2) is 0 Å². The van der Waals surface area contributed by atoms with Gasteiger partial charge in [-0.15, -0.1) is 0 Å². The molecule has 0 amide bonds. The minimum Gasteiger partial charge on any atom is -0.383 e. The Balaban J connectivity index is 2.25. The van der Waals surface area contributed by atoms with Crippen molar-refractivity contribution in [3.05, 3.63) is 23.3 Å². The van der Waals surface area contributed by atoms with Crippen LogP contribution in [0.2, 0.25) is 0 Å². The molecule has 5 heteroatoms. The molecule has 1 saturated carbocycles. The highest BCUT2D eigenvalue weighted by molar-refractivity contribution is 5.93. The zero-order chi connectivity index (χ0) is 14.3. The zero-order valence-electron chi connectivity index (χ0n) is 11.8. The Morgan fingerprint density at radius 1 is 1.10 bits per heavy atom. The molecular formula is C15H21N5. The fraction of sp³-hybridized carbons (Fsp3) is 0.467. The van der Waals surface area contributed by atoms with Crippen molar-refractivity contribution in [3.63, 3.8) is 0 Å². The third kappa shape index (κ3) is 2.08. The molecule has 1 fully saturated rings. The van der Waals surface area contributed by atoms with Gasteiger partial charge in [0.25, 0.3) is 0 Å². The fourth-order valence-corrected chi connectivity index (χ4v) is 3.40. The molecule has 0 spiro atoms. The van der Waals surface area contributed by atoms with Crippen LogP contribution in [0.5, 0.6) is 0 Å². The molecule has 106 valence electrons. The van der Waals surface area contributed by atoms with E-state index in [0.717, 1.165) is 23.7 Å². The van der Waals surface area contributed by atoms with E-state index in [1.807, 2.05) is 6.07 Å². The molecule has 1 aliphatic rings. The van der Waals surface area contributed by atoms with Crippen LogP contribution >= 0.6 is 0 Å². The van der Waals surface area contributed by atoms with Gasteiger partial charge in [-0.25, -0.2) is 4.98 Å². The summed E-state index contributed by atoms with van der Waals surface area (Å²) < 4.78 is 0. The Morgan fingerprint density at radius 3 is 2.60 bits per heavy atom. The third-order valence-electron chi connectivity index (χ3n) is 4.36. The third-order valence-corrected chi connectivity index (χ3v) is 4.36. The van der Waals surface area contributed by atoms with Gasteiger partial charge in [-0.05, 0) is 37.0 Å². The van der Waals surface area contributed by atoms with Crippen LogP contribution in [-0.2, 0) is 0 Å². The molecule has 1 aromatic carbocycles. The Morgan fingerprint density at radius 2 is 1.85 bits per heavy atom. The van der Waals surface area contributed by atoms with Gasteiger partial charge in [-0.3, -0.25) is 0 Å². The normalized spacial score (nSPS) is 23.1. The van der Waals surface area contributed by atoms with Crippen LogP contribution in [-0.4, -0.2) is 16.0 Å². The number of nitrogens with zero attached hydrogens (tertiary/aromatic N) is 2. The SMILES string of the molecule is Cc1ccc2nc(N)nc(N)c2c1[C@@H]1CCCC[C@H]1N. The molecule has 6 N–H and O–H groups in total. The number of benzene rings is 1. The first-order valence-electron chi connectivity index (χ1n) is 7.15. The van der Waals surface area contributed by atoms with Crippen molar-refractivity contribution in [1.82, 2.24) is 9.97 Å². The Bertz CT molecular complexity index is 652. The van der Waals surface area contributed by atoms with Crippen LogP contribution in [0.1, 0.15) is 42.7 Å². The maximum atomic E-state index is 6.34. The lowest BCUT2D eigenvalue weighted by Gasteiger charge is -2.31. The van der Waals surface area contributed by atoms with Crippen molar-refractivity contribution in [2.24, 2.45) is 5.73 Å². The fourth-order valence-electron chi connectivity index (χ4n) is 3.40. The number of hydrogen-bond acceptors (Lipinski definition) is 5. The van der Waals surface area contributed by atoms with Gasteiger partial charge in [0.05, 0.1) is 5.52 Å². The van der Waals surface area contributed by atoms with Crippen LogP contribution in [0.15, 0.2) is 12.1 Å². The second-order valence-corrected chi connectivity index (χ2v) is 5.71. The Kier molecular flexibility index (Phi) is 3.22. The molecule has 1 aromatic heterocycles. The van der Waals surface area contributed by atoms with Crippen molar-refractivity contribution in [2.45, 2.75) is 44.6 Å². The molecule has 0 radical (unpaired) electrons. The van der Waals surface area contributed by atoms with E-state index in [-0.39, 0.29) is 12.0 Å². The predicted octanol–water partition coefficient (Wildman–Crippen LogP) is 2.09. The van der Waals surface area contributed by atoms with Crippen molar-refractivity contribution >= 4 is 22.7 Å². The average molecular weight is 271 g/mol. The summed E-state index contributed by atoms with van der Waals surface area (Å²) in [5.41, 5.74) is 21.4. The molecule has 2 aromatic rings. The molecule has 20 heavy (non-hydrogen) atoms. The molecular weight excluding hydrogens is 250 g/mol. The molecule has 2 atom stereocenters. The molecule has 0 saturated heterocycles. The number of fused-ring (bicyclic) bond motifs is 1. The molecule has 1 aliphatic carbocycles. The van der Waals surface area contributed by atoms with E-state index in [1.54, 1.807) is 0 Å². The van der Waals surface area contributed by atoms with Crippen LogP contribution in [0.25, 0.3) is 10.9 Å². The van der Waals surface area contributed by atoms with Gasteiger partial charge in [0.2, 0.25) is 5.95 Å². The van der Waals surface area contributed by atoms with E-state index in [1.165, 1.54) is 24.0 Å². The predicted molar refractivity (Wildman–Crippen MR) is 82.3 cm³/mol. The maximum Gasteiger partial charge on any atom is 0.222 e. The number of aryl methyl sites for hydroxylation is 1. The number of aromatic nitrogens is 2. The number of rotatable bonds is 1. The summed E-state index contributed by atoms with van der Waals surface area (Å²) in [4.78, 5) is 8.43. The molecule has 0 bridgehead atoms. The summed E-state index contributed by atoms with van der Waals surface area (Å²) in [6.45, 7) is 2.10. The lowest BCUT2D eigenvalue weighted by molar-refractivity contribution is 0.386. The number of nitrogen functional groups attached to an aromatic ring is 2. The van der Waals surface area contributed by atoms with Gasteiger partial charge in [0, 0.05) is 17.3 Å². The quantitative estimate of drug-likeness (QED) is 0.736. The molecule has 0 aliphatic heterocycles. The van der Waals surface area contributed by atoms with Crippen LogP contribution < -0.4 is 17.2 Å². The largest absolute Gasteiger partial charge is 0.383 e. The number of hydrogen-bond donors (Lipinski definition) is 3. The molecule has 5 nitrogen and oxygen atoms in total. The molecule has 0 unspecified atom stereocenters. The van der Waals surface area contributed by atoms with E-state index in [9.17, 15) is 0 Å². The number of nitrogens with two attached hydrogens (primary N) is 3. The van der Waals surface area contributed by atoms with E-state index in [4.69, 9.17) is 17.2 Å². The van der Waals surface area contributed by atoms with Gasteiger partial charge in [0.1, 0.15) is 5.82 Å². The second kappa shape index (κ2) is 4.90. The first-order chi connectivity index (χ1) is 9.58. The lowest BCUT2D eigenvalue weighted by atomic mass is 9.77. The first-order valence-corrected chi connectivity index (χ1v) is 7.15. The highest BCUT2D eigenvalue weighted by atomic mass is 15.0. The Hall–Kier alpha value is -1.88. The summed E-state index contributed by atoms with van der Waals surface area (Å²) in [5.74, 6) is 1.02. The van der Waals surface area contributed by atoms with Crippen LogP contribution in [0, 0.1) is 6.92 Å². The van der Waals surface area contributed by atoms with Crippen LogP contribution in [0.3, 0.4) is 0 Å². The van der Waals surface area contributed by atoms with E-state index in [0.29, 0.717) is 11.7 Å². The minimum atomic E-state index is 0.185. The standard InChI is InChI=1S/C15H21N5/c1-8-6-7-11-13(14(17)20-15(18)19-11)12(8)9-4-2-3-5-10(9)16/h6-7,9-10H,2-5,16H2,1H3,(H4,17,18,19,20)/t9-,10-/m1/s1. The van der Waals surface area contributed by atoms with E-state index in [2.05, 4.69) is 23.0 Å². The summed E-state index contributed by atoms with van der Waals surface area (Å²) in [6, 6.07) is 4.21. The van der Waals surface area contributed by atoms with Gasteiger partial charge in [-0.2, -0.15) is 4.98 Å². The first kappa shape index (κ1) is 13.1. The monoisotopic (exact) mass is 271 g/mol. The molecule has 1 heterocycles. The Labute approximate surface area is 118 Å². The van der Waals surface area contributed by atoms with Crippen molar-refractivity contribution in [1.29, 1.82) is 0 Å². The van der Waals surface area contributed by atoms with Gasteiger partial charge < -0.3 is 17.2 Å². The summed E-state index contributed by atoms with van der Waals surface area (Å²) in [6.07, 6.45) is 4.59. The van der Waals surface area contributed by atoms with Crippen LogP contribution in [0.4, 0.5) is 11.8 Å². The van der Waals surface area contributed by atoms with E-state index >= 15 is 0 Å². The lowest BCUT2D eigenvalue weighted by Crippen LogP contribution is -2.32. The summed E-state index contributed by atoms with van der Waals surface area (Å²) in [7, 11) is 0. The van der Waals surface area contributed by atoms with Gasteiger partial charge in [-0.1, -0.05) is 18.9 Å². The second-order valence-electron chi connectivity index (χ2n) is 5.71. The molecule has 3 rings (SSSR count). The minimum absolute atomic E-state index is 0.185. The van der Waals surface area contributed by atoms with E-state index < -0.39 is 0 Å². The summed E-state index contributed by atoms with van der Waals surface area (Å²) in [5, 5.41) is 0.932. The van der Waals surface area contributed by atoms with Gasteiger partial charge >= 0.3 is 0 Å². The highest BCUT2D eigenvalue weighted by Crippen LogP contribution is 2.39. The van der Waals surface area contributed by atoms with Crippen molar-refractivity contribution in [3.8, 4) is 0 Å². The summed E-state index contributed by atoms with van der Waals surface area (Å²) >= 11 is 0. The van der Waals surface area contributed by atoms with Crippen molar-refractivity contribution < 1.29 is 0 Å². The smallest absolute Gasteiger partial charge is 0.222 e. The number of anilines is 2. The zero-order valence-corrected chi connectivity index (χ0v) is 11.8. The highest BCUT2D eigenvalue weighted by Gasteiger charge is 2.27.